The Morgan fingerprint density at radius 2 is 1.60 bits per heavy atom. The third-order valence-electron chi connectivity index (χ3n) is 3.06. The van der Waals surface area contributed by atoms with Crippen molar-refractivity contribution in [2.24, 2.45) is 11.8 Å². The van der Waals surface area contributed by atoms with E-state index in [4.69, 9.17) is 0 Å². The van der Waals surface area contributed by atoms with Gasteiger partial charge in [-0.2, -0.15) is 0 Å². The van der Waals surface area contributed by atoms with E-state index < -0.39 is 0 Å². The van der Waals surface area contributed by atoms with Gasteiger partial charge in [0.1, 0.15) is 0 Å². The van der Waals surface area contributed by atoms with Crippen molar-refractivity contribution in [2.45, 2.75) is 72.6 Å². The first-order chi connectivity index (χ1) is 7.20. The summed E-state index contributed by atoms with van der Waals surface area (Å²) in [5, 5.41) is 0. The first-order valence-corrected chi connectivity index (χ1v) is 6.85. The zero-order valence-electron chi connectivity index (χ0n) is 11.3. The molecule has 0 spiro atoms. The minimum Gasteiger partial charge on any atom is -0.0888 e. The zero-order chi connectivity index (χ0) is 11.5. The standard InChI is InChI=1S/C15H30/c1-5-7-8-9-10-12-15(4)13-14(3)11-6-2/h7-8,14-15H,5-6,9-13H2,1-4H3. The minimum absolute atomic E-state index is 0.918. The molecule has 0 amide bonds. The predicted molar refractivity (Wildman–Crippen MR) is 71.1 cm³/mol. The molecule has 0 heterocycles. The van der Waals surface area contributed by atoms with Gasteiger partial charge in [0.2, 0.25) is 0 Å². The third-order valence-corrected chi connectivity index (χ3v) is 3.06. The van der Waals surface area contributed by atoms with E-state index >= 15 is 0 Å². The van der Waals surface area contributed by atoms with Crippen LogP contribution in [0.25, 0.3) is 0 Å². The molecule has 0 aliphatic heterocycles. The number of rotatable bonds is 9. The van der Waals surface area contributed by atoms with Crippen molar-refractivity contribution in [1.29, 1.82) is 0 Å². The molecule has 90 valence electrons. The molecule has 0 N–H and O–H groups in total. The van der Waals surface area contributed by atoms with Crippen molar-refractivity contribution in [1.82, 2.24) is 0 Å². The van der Waals surface area contributed by atoms with Gasteiger partial charge in [0, 0.05) is 0 Å². The number of hydrogen-bond donors (Lipinski definition) is 0. The Labute approximate surface area is 97.2 Å². The van der Waals surface area contributed by atoms with Gasteiger partial charge >= 0.3 is 0 Å². The summed E-state index contributed by atoms with van der Waals surface area (Å²) in [6, 6.07) is 0. The van der Waals surface area contributed by atoms with Crippen LogP contribution in [0.15, 0.2) is 12.2 Å². The molecule has 0 nitrogen and oxygen atoms in total. The lowest BCUT2D eigenvalue weighted by Crippen LogP contribution is -2.02. The summed E-state index contributed by atoms with van der Waals surface area (Å²) in [6.45, 7) is 9.30. The van der Waals surface area contributed by atoms with Crippen molar-refractivity contribution in [3.05, 3.63) is 12.2 Å². The lowest BCUT2D eigenvalue weighted by Gasteiger charge is -2.16. The van der Waals surface area contributed by atoms with Gasteiger partial charge in [-0.05, 0) is 37.5 Å². The summed E-state index contributed by atoms with van der Waals surface area (Å²) < 4.78 is 0. The van der Waals surface area contributed by atoms with Crippen LogP contribution >= 0.6 is 0 Å². The Morgan fingerprint density at radius 1 is 0.933 bits per heavy atom. The molecular formula is C15H30. The molecule has 0 aromatic carbocycles. The highest BCUT2D eigenvalue weighted by Gasteiger charge is 2.07. The zero-order valence-corrected chi connectivity index (χ0v) is 11.3. The molecule has 0 fully saturated rings. The first kappa shape index (κ1) is 14.7. The highest BCUT2D eigenvalue weighted by atomic mass is 14.1. The van der Waals surface area contributed by atoms with Gasteiger partial charge in [0.25, 0.3) is 0 Å². The van der Waals surface area contributed by atoms with Gasteiger partial charge in [-0.25, -0.2) is 0 Å². The second kappa shape index (κ2) is 10.3. The highest BCUT2D eigenvalue weighted by Crippen LogP contribution is 2.20. The lowest BCUT2D eigenvalue weighted by atomic mass is 9.90. The summed E-state index contributed by atoms with van der Waals surface area (Å²) in [6.07, 6.45) is 14.0. The molecule has 0 aliphatic carbocycles. The highest BCUT2D eigenvalue weighted by molar-refractivity contribution is 4.79. The van der Waals surface area contributed by atoms with Crippen molar-refractivity contribution in [3.63, 3.8) is 0 Å². The van der Waals surface area contributed by atoms with Crippen LogP contribution < -0.4 is 0 Å². The molecule has 0 rings (SSSR count). The molecule has 0 saturated carbocycles. The van der Waals surface area contributed by atoms with Gasteiger partial charge < -0.3 is 0 Å². The van der Waals surface area contributed by atoms with Crippen molar-refractivity contribution in [3.8, 4) is 0 Å². The normalized spacial score (nSPS) is 15.7. The molecule has 2 atom stereocenters. The second-order valence-corrected chi connectivity index (χ2v) is 5.05. The largest absolute Gasteiger partial charge is 0.0888 e. The van der Waals surface area contributed by atoms with E-state index in [0.29, 0.717) is 0 Å². The Bertz CT molecular complexity index is 146. The van der Waals surface area contributed by atoms with E-state index in [1.807, 2.05) is 0 Å². The summed E-state index contributed by atoms with van der Waals surface area (Å²) in [7, 11) is 0. The van der Waals surface area contributed by atoms with E-state index in [1.54, 1.807) is 0 Å². The molecule has 0 aromatic rings. The molecular weight excluding hydrogens is 180 g/mol. The van der Waals surface area contributed by atoms with Gasteiger partial charge in [-0.1, -0.05) is 59.1 Å². The van der Waals surface area contributed by atoms with E-state index in [2.05, 4.69) is 39.8 Å². The Balaban J connectivity index is 3.40. The van der Waals surface area contributed by atoms with Gasteiger partial charge in [0.15, 0.2) is 0 Å². The van der Waals surface area contributed by atoms with E-state index in [0.717, 1.165) is 11.8 Å². The van der Waals surface area contributed by atoms with Crippen molar-refractivity contribution >= 4 is 0 Å². The number of unbranched alkanes of at least 4 members (excludes halogenated alkanes) is 1. The first-order valence-electron chi connectivity index (χ1n) is 6.85. The maximum absolute atomic E-state index is 2.41. The third kappa shape index (κ3) is 10.0. The summed E-state index contributed by atoms with van der Waals surface area (Å²) in [5.41, 5.74) is 0. The van der Waals surface area contributed by atoms with Crippen LogP contribution in [0.3, 0.4) is 0 Å². The maximum Gasteiger partial charge on any atom is -0.0351 e. The monoisotopic (exact) mass is 210 g/mol. The fourth-order valence-electron chi connectivity index (χ4n) is 2.28. The van der Waals surface area contributed by atoms with Crippen LogP contribution in [0.4, 0.5) is 0 Å². The summed E-state index contributed by atoms with van der Waals surface area (Å²) in [4.78, 5) is 0. The molecule has 0 heteroatoms. The summed E-state index contributed by atoms with van der Waals surface area (Å²) >= 11 is 0. The molecule has 0 saturated heterocycles. The predicted octanol–water partition coefficient (Wildman–Crippen LogP) is 5.59. The van der Waals surface area contributed by atoms with Crippen LogP contribution in [0.1, 0.15) is 72.6 Å². The Kier molecular flexibility index (Phi) is 10.1. The number of allylic oxidation sites excluding steroid dienone is 2. The minimum atomic E-state index is 0.918. The Morgan fingerprint density at radius 3 is 2.20 bits per heavy atom. The average Bonchev–Trinajstić information content (AvgIpc) is 2.17. The molecule has 0 aliphatic rings. The quantitative estimate of drug-likeness (QED) is 0.344. The van der Waals surface area contributed by atoms with E-state index in [1.165, 1.54) is 44.9 Å². The lowest BCUT2D eigenvalue weighted by molar-refractivity contribution is 0.370. The number of hydrogen-bond acceptors (Lipinski definition) is 0. The van der Waals surface area contributed by atoms with Crippen LogP contribution in [0.5, 0.6) is 0 Å². The fourth-order valence-corrected chi connectivity index (χ4v) is 2.28. The summed E-state index contributed by atoms with van der Waals surface area (Å²) in [5.74, 6) is 1.85. The Hall–Kier alpha value is -0.260. The second-order valence-electron chi connectivity index (χ2n) is 5.05. The van der Waals surface area contributed by atoms with Crippen LogP contribution in [0.2, 0.25) is 0 Å². The molecule has 0 aromatic heterocycles. The van der Waals surface area contributed by atoms with Crippen LogP contribution in [-0.2, 0) is 0 Å². The van der Waals surface area contributed by atoms with Gasteiger partial charge in [-0.15, -0.1) is 0 Å². The van der Waals surface area contributed by atoms with Crippen molar-refractivity contribution in [2.75, 3.05) is 0 Å². The average molecular weight is 210 g/mol. The van der Waals surface area contributed by atoms with Crippen LogP contribution in [-0.4, -0.2) is 0 Å². The fraction of sp³-hybridized carbons (Fsp3) is 0.867. The molecule has 15 heavy (non-hydrogen) atoms. The van der Waals surface area contributed by atoms with E-state index in [9.17, 15) is 0 Å². The smallest absolute Gasteiger partial charge is 0.0351 e. The maximum atomic E-state index is 2.41. The van der Waals surface area contributed by atoms with Crippen molar-refractivity contribution < 1.29 is 0 Å². The van der Waals surface area contributed by atoms with Gasteiger partial charge in [-0.3, -0.25) is 0 Å². The molecule has 0 radical (unpaired) electrons. The van der Waals surface area contributed by atoms with Crippen LogP contribution in [0, 0.1) is 11.8 Å². The molecule has 0 bridgehead atoms. The SMILES string of the molecule is CCC=CCCCC(C)CC(C)CCC. The topological polar surface area (TPSA) is 0 Å². The van der Waals surface area contributed by atoms with E-state index in [-0.39, 0.29) is 0 Å². The molecule has 2 unspecified atom stereocenters. The van der Waals surface area contributed by atoms with Gasteiger partial charge in [0.05, 0.1) is 0 Å².